The molecule has 9 nitrogen and oxygen atoms in total. The second kappa shape index (κ2) is 10.1. The van der Waals surface area contributed by atoms with Gasteiger partial charge in [-0.3, -0.25) is 4.79 Å². The maximum absolute atomic E-state index is 12.6. The van der Waals surface area contributed by atoms with Gasteiger partial charge in [0.1, 0.15) is 6.04 Å². The van der Waals surface area contributed by atoms with Gasteiger partial charge in [0.05, 0.1) is 11.4 Å². The van der Waals surface area contributed by atoms with Crippen LogP contribution in [-0.2, 0) is 20.9 Å². The first-order valence-electron chi connectivity index (χ1n) is 9.11. The van der Waals surface area contributed by atoms with Crippen molar-refractivity contribution >= 4 is 28.9 Å². The largest absolute Gasteiger partial charge is 0.519 e. The van der Waals surface area contributed by atoms with Crippen molar-refractivity contribution in [3.63, 3.8) is 0 Å². The summed E-state index contributed by atoms with van der Waals surface area (Å²) in [7, 11) is 0. The van der Waals surface area contributed by atoms with E-state index in [1.165, 1.54) is 6.92 Å². The Morgan fingerprint density at radius 3 is 2.37 bits per heavy atom. The molecule has 2 rings (SSSR count). The second-order valence-corrected chi connectivity index (χ2v) is 8.29. The molecule has 0 bridgehead atoms. The number of amides is 1. The van der Waals surface area contributed by atoms with Gasteiger partial charge in [-0.2, -0.15) is 0 Å². The molecule has 162 valence electrons. The first kappa shape index (κ1) is 23.3. The fraction of sp³-hybridized carbons (Fsp3) is 0.400. The predicted molar refractivity (Wildman–Crippen MR) is 108 cm³/mol. The molecule has 0 aliphatic rings. The molecule has 1 aromatic carbocycles. The molecule has 0 unspecified atom stereocenters. The Kier molecular flexibility index (Phi) is 7.87. The van der Waals surface area contributed by atoms with E-state index in [4.69, 9.17) is 18.3 Å². The Balaban J connectivity index is 2.09. The molecular formula is C20H23NO8S. The van der Waals surface area contributed by atoms with Crippen LogP contribution >= 0.6 is 11.8 Å². The van der Waals surface area contributed by atoms with Gasteiger partial charge in [-0.05, 0) is 51.6 Å². The van der Waals surface area contributed by atoms with E-state index in [-0.39, 0.29) is 24.7 Å². The zero-order chi connectivity index (χ0) is 22.3. The highest BCUT2D eigenvalue weighted by Crippen LogP contribution is 2.31. The molecule has 10 heteroatoms. The van der Waals surface area contributed by atoms with Crippen LogP contribution in [0.15, 0.2) is 44.0 Å². The average molecular weight is 437 g/mol. The van der Waals surface area contributed by atoms with Crippen LogP contribution in [0.2, 0.25) is 0 Å². The van der Waals surface area contributed by atoms with Crippen molar-refractivity contribution in [2.75, 3.05) is 6.61 Å². The maximum Gasteiger partial charge on any atom is 0.519 e. The normalized spacial score (nSPS) is 12.1. The van der Waals surface area contributed by atoms with Crippen molar-refractivity contribution in [1.82, 2.24) is 5.32 Å². The Labute approximate surface area is 177 Å². The minimum absolute atomic E-state index is 0.0890. The van der Waals surface area contributed by atoms with Crippen LogP contribution in [0.5, 0.6) is 0 Å². The van der Waals surface area contributed by atoms with Crippen LogP contribution in [0, 0.1) is 6.92 Å². The summed E-state index contributed by atoms with van der Waals surface area (Å²) in [5.74, 6) is -1.75. The number of nitrogens with one attached hydrogen (secondary N) is 1. The summed E-state index contributed by atoms with van der Waals surface area (Å²) in [6.45, 7) is 6.16. The molecule has 0 fully saturated rings. The van der Waals surface area contributed by atoms with Crippen LogP contribution in [0.1, 0.15) is 42.6 Å². The van der Waals surface area contributed by atoms with Gasteiger partial charge in [-0.15, -0.1) is 0 Å². The Bertz CT molecular complexity index is 947. The summed E-state index contributed by atoms with van der Waals surface area (Å²) in [5, 5.41) is 1.90. The number of esters is 1. The molecule has 0 radical (unpaired) electrons. The highest BCUT2D eigenvalue weighted by molar-refractivity contribution is 8.14. The molecule has 1 aromatic heterocycles. The molecular weight excluding hydrogens is 414 g/mol. The molecule has 1 heterocycles. The molecule has 1 N–H and O–H groups in total. The van der Waals surface area contributed by atoms with Crippen LogP contribution in [0.4, 0.5) is 4.79 Å². The van der Waals surface area contributed by atoms with Gasteiger partial charge in [0.2, 0.25) is 0 Å². The smallest absolute Gasteiger partial charge is 0.464 e. The number of aryl methyl sites for hydroxylation is 1. The van der Waals surface area contributed by atoms with Gasteiger partial charge >= 0.3 is 17.1 Å². The van der Waals surface area contributed by atoms with Crippen molar-refractivity contribution < 1.29 is 32.7 Å². The number of rotatable bonds is 8. The summed E-state index contributed by atoms with van der Waals surface area (Å²) in [5.41, 5.74) is 0.362. The third kappa shape index (κ3) is 6.24. The Morgan fingerprint density at radius 1 is 1.13 bits per heavy atom. The van der Waals surface area contributed by atoms with Crippen LogP contribution in [-0.4, -0.2) is 34.6 Å². The molecule has 1 amide bonds. The monoisotopic (exact) mass is 437 g/mol. The highest BCUT2D eigenvalue weighted by Gasteiger charge is 2.41. The van der Waals surface area contributed by atoms with Crippen molar-refractivity contribution in [3.8, 4) is 0 Å². The topological polar surface area (TPSA) is 125 Å². The molecule has 0 aliphatic heterocycles. The minimum Gasteiger partial charge on any atom is -0.464 e. The van der Waals surface area contributed by atoms with E-state index >= 15 is 0 Å². The molecule has 0 spiro atoms. The number of hydrogen-bond donors (Lipinski definition) is 1. The van der Waals surface area contributed by atoms with E-state index < -0.39 is 33.8 Å². The van der Waals surface area contributed by atoms with Crippen molar-refractivity contribution in [3.05, 3.63) is 58.0 Å². The van der Waals surface area contributed by atoms with E-state index in [1.807, 2.05) is 0 Å². The summed E-state index contributed by atoms with van der Waals surface area (Å²) in [6, 6.07) is 7.24. The Hall–Kier alpha value is -3.01. The molecule has 0 saturated carbocycles. The number of benzene rings is 1. The number of ether oxygens (including phenoxy) is 2. The lowest BCUT2D eigenvalue weighted by atomic mass is 10.0. The maximum atomic E-state index is 12.6. The molecule has 30 heavy (non-hydrogen) atoms. The Morgan fingerprint density at radius 2 is 1.80 bits per heavy atom. The van der Waals surface area contributed by atoms with E-state index in [2.05, 4.69) is 5.32 Å². The van der Waals surface area contributed by atoms with Gasteiger partial charge in [0, 0.05) is 5.56 Å². The lowest BCUT2D eigenvalue weighted by molar-refractivity contribution is -0.146. The van der Waals surface area contributed by atoms with Crippen molar-refractivity contribution in [1.29, 1.82) is 0 Å². The van der Waals surface area contributed by atoms with Gasteiger partial charge in [-0.25, -0.2) is 14.4 Å². The molecule has 0 aliphatic carbocycles. The van der Waals surface area contributed by atoms with E-state index in [0.717, 1.165) is 0 Å². The van der Waals surface area contributed by atoms with Gasteiger partial charge in [-0.1, -0.05) is 18.2 Å². The number of carbonyl (C=O) groups is 3. The van der Waals surface area contributed by atoms with E-state index in [9.17, 15) is 19.2 Å². The first-order chi connectivity index (χ1) is 14.1. The molecule has 0 saturated heterocycles. The average Bonchev–Trinajstić information content (AvgIpc) is 3.01. The molecule has 2 aromatic rings. The summed E-state index contributed by atoms with van der Waals surface area (Å²) in [6.07, 6.45) is 0. The number of thioether (sulfide) groups is 1. The predicted octanol–water partition coefficient (Wildman–Crippen LogP) is 3.05. The van der Waals surface area contributed by atoms with E-state index in [0.29, 0.717) is 17.3 Å². The number of carbonyl (C=O) groups excluding carboxylic acids is 3. The van der Waals surface area contributed by atoms with Gasteiger partial charge < -0.3 is 23.6 Å². The third-order valence-corrected chi connectivity index (χ3v) is 5.08. The quantitative estimate of drug-likeness (QED) is 0.620. The van der Waals surface area contributed by atoms with E-state index in [1.54, 1.807) is 51.1 Å². The van der Waals surface area contributed by atoms with Crippen molar-refractivity contribution in [2.24, 2.45) is 0 Å². The van der Waals surface area contributed by atoms with Gasteiger partial charge in [0.25, 0.3) is 5.91 Å². The SMILES string of the molecule is CCOC(=O)[C@H](NC(=O)c1ccccc1)C(C)(C)SC(=O)OCc1oc(=O)oc1C. The second-order valence-electron chi connectivity index (χ2n) is 6.70. The number of hydrogen-bond acceptors (Lipinski definition) is 9. The zero-order valence-electron chi connectivity index (χ0n) is 17.1. The first-order valence-corrected chi connectivity index (χ1v) is 9.93. The van der Waals surface area contributed by atoms with Crippen LogP contribution in [0.25, 0.3) is 0 Å². The van der Waals surface area contributed by atoms with Gasteiger partial charge in [0.15, 0.2) is 18.1 Å². The lowest BCUT2D eigenvalue weighted by Crippen LogP contribution is -2.53. The lowest BCUT2D eigenvalue weighted by Gasteiger charge is -2.31. The summed E-state index contributed by atoms with van der Waals surface area (Å²) < 4.78 is 18.5. The fourth-order valence-electron chi connectivity index (χ4n) is 2.48. The third-order valence-electron chi connectivity index (χ3n) is 4.03. The van der Waals surface area contributed by atoms with Crippen LogP contribution < -0.4 is 11.1 Å². The van der Waals surface area contributed by atoms with Crippen LogP contribution in [0.3, 0.4) is 0 Å². The standard InChI is InChI=1S/C20H23NO8S/c1-5-26-17(23)15(21-16(22)13-9-7-6-8-10-13)20(3,4)30-19(25)27-11-14-12(2)28-18(24)29-14/h6-10,15H,5,11H2,1-4H3,(H,21,22)/t15-/m0/s1. The zero-order valence-corrected chi connectivity index (χ0v) is 17.9. The summed E-state index contributed by atoms with van der Waals surface area (Å²) >= 11 is 0.706. The summed E-state index contributed by atoms with van der Waals surface area (Å²) in [4.78, 5) is 48.4. The fourth-order valence-corrected chi connectivity index (χ4v) is 3.30. The minimum atomic E-state index is -1.13. The van der Waals surface area contributed by atoms with Crippen molar-refractivity contribution in [2.45, 2.75) is 45.1 Å². The highest BCUT2D eigenvalue weighted by atomic mass is 32.2. The molecule has 1 atom stereocenters.